The van der Waals surface area contributed by atoms with Crippen molar-refractivity contribution >= 4 is 13.7 Å². The first-order valence-electron chi connectivity index (χ1n) is 3.68. The number of hydrogen-bond acceptors (Lipinski definition) is 4. The highest BCUT2D eigenvalue weighted by atomic mass is 31.2. The van der Waals surface area contributed by atoms with Gasteiger partial charge in [-0.2, -0.15) is 0 Å². The van der Waals surface area contributed by atoms with Crippen molar-refractivity contribution in [2.45, 2.75) is 19.4 Å². The Morgan fingerprint density at radius 2 is 2.23 bits per heavy atom. The zero-order valence-corrected chi connectivity index (χ0v) is 8.71. The van der Waals surface area contributed by atoms with Gasteiger partial charge >= 0.3 is 7.82 Å². The average Bonchev–Trinajstić information content (AvgIpc) is 2.03. The lowest BCUT2D eigenvalue weighted by Gasteiger charge is -2.14. The number of phosphoric acid groups is 1. The van der Waals surface area contributed by atoms with E-state index in [-0.39, 0.29) is 12.3 Å². The van der Waals surface area contributed by atoms with Crippen LogP contribution in [0.5, 0.6) is 0 Å². The molecule has 0 aromatic rings. The molecule has 0 aliphatic carbocycles. The summed E-state index contributed by atoms with van der Waals surface area (Å²) >= 11 is 0. The number of amides is 1. The third kappa shape index (κ3) is 5.76. The number of hydrogen-bond donors (Lipinski definition) is 2. The maximum Gasteiger partial charge on any atom is 0.472 e. The SMILES string of the molecule is CNC(=O)C[C@H](C)OP(=O)(O)OC. The van der Waals surface area contributed by atoms with Gasteiger partial charge in [-0.25, -0.2) is 4.57 Å². The zero-order valence-electron chi connectivity index (χ0n) is 7.81. The van der Waals surface area contributed by atoms with Gasteiger partial charge < -0.3 is 10.2 Å². The fourth-order valence-electron chi connectivity index (χ4n) is 0.671. The first kappa shape index (κ1) is 12.6. The van der Waals surface area contributed by atoms with Crippen LogP contribution in [0.1, 0.15) is 13.3 Å². The van der Waals surface area contributed by atoms with Crippen LogP contribution in [-0.4, -0.2) is 31.1 Å². The van der Waals surface area contributed by atoms with E-state index in [2.05, 4.69) is 14.4 Å². The molecular weight excluding hydrogens is 197 g/mol. The molecule has 78 valence electrons. The van der Waals surface area contributed by atoms with E-state index < -0.39 is 13.9 Å². The molecule has 2 N–H and O–H groups in total. The minimum absolute atomic E-state index is 0.0183. The largest absolute Gasteiger partial charge is 0.472 e. The highest BCUT2D eigenvalue weighted by molar-refractivity contribution is 7.47. The summed E-state index contributed by atoms with van der Waals surface area (Å²) in [6, 6.07) is 0. The fraction of sp³-hybridized carbons (Fsp3) is 0.833. The summed E-state index contributed by atoms with van der Waals surface area (Å²) in [6.07, 6.45) is -0.638. The molecule has 1 amide bonds. The van der Waals surface area contributed by atoms with Gasteiger partial charge in [0.25, 0.3) is 0 Å². The normalized spacial score (nSPS) is 17.5. The number of nitrogens with one attached hydrogen (secondary N) is 1. The molecule has 1 unspecified atom stereocenters. The van der Waals surface area contributed by atoms with E-state index in [1.807, 2.05) is 0 Å². The van der Waals surface area contributed by atoms with Gasteiger partial charge in [0.05, 0.1) is 12.5 Å². The quantitative estimate of drug-likeness (QED) is 0.638. The van der Waals surface area contributed by atoms with E-state index >= 15 is 0 Å². The lowest BCUT2D eigenvalue weighted by Crippen LogP contribution is -2.23. The molecule has 0 bridgehead atoms. The van der Waals surface area contributed by atoms with Gasteiger partial charge in [-0.15, -0.1) is 0 Å². The van der Waals surface area contributed by atoms with Crippen LogP contribution in [0, 0.1) is 0 Å². The van der Waals surface area contributed by atoms with Gasteiger partial charge in [0.15, 0.2) is 0 Å². The molecule has 0 rings (SSSR count). The Hall–Kier alpha value is -0.420. The first-order chi connectivity index (χ1) is 5.91. The van der Waals surface area contributed by atoms with E-state index in [0.717, 1.165) is 7.11 Å². The van der Waals surface area contributed by atoms with Gasteiger partial charge in [-0.05, 0) is 6.92 Å². The standard InChI is InChI=1S/C6H14NO5P/c1-5(4-6(8)7-2)12-13(9,10)11-3/h5H,4H2,1-3H3,(H,7,8)(H,9,10)/t5-/m0/s1. The molecule has 0 radical (unpaired) electrons. The summed E-state index contributed by atoms with van der Waals surface area (Å²) in [5.41, 5.74) is 0. The van der Waals surface area contributed by atoms with Gasteiger partial charge in [0, 0.05) is 14.2 Å². The van der Waals surface area contributed by atoms with Crippen molar-refractivity contribution in [3.63, 3.8) is 0 Å². The smallest absolute Gasteiger partial charge is 0.359 e. The summed E-state index contributed by atoms with van der Waals surface area (Å²) < 4.78 is 19.6. The van der Waals surface area contributed by atoms with E-state index in [9.17, 15) is 9.36 Å². The molecule has 0 aromatic heterocycles. The van der Waals surface area contributed by atoms with Crippen LogP contribution in [0.2, 0.25) is 0 Å². The van der Waals surface area contributed by atoms with Gasteiger partial charge in [-0.3, -0.25) is 13.8 Å². The molecule has 0 aromatic carbocycles. The number of carbonyl (C=O) groups is 1. The first-order valence-corrected chi connectivity index (χ1v) is 5.18. The molecule has 0 saturated carbocycles. The highest BCUT2D eigenvalue weighted by Crippen LogP contribution is 2.43. The van der Waals surface area contributed by atoms with E-state index in [1.54, 1.807) is 0 Å². The number of carbonyl (C=O) groups excluding carboxylic acids is 1. The van der Waals surface area contributed by atoms with Crippen molar-refractivity contribution < 1.29 is 23.3 Å². The van der Waals surface area contributed by atoms with E-state index in [4.69, 9.17) is 4.89 Å². The molecule has 0 aliphatic rings. The minimum atomic E-state index is -3.98. The summed E-state index contributed by atoms with van der Waals surface area (Å²) in [5, 5.41) is 2.37. The van der Waals surface area contributed by atoms with Crippen LogP contribution in [0.15, 0.2) is 0 Å². The highest BCUT2D eigenvalue weighted by Gasteiger charge is 2.23. The molecular formula is C6H14NO5P. The number of phosphoric ester groups is 1. The molecule has 7 heteroatoms. The second-order valence-electron chi connectivity index (χ2n) is 2.44. The zero-order chi connectivity index (χ0) is 10.5. The second kappa shape index (κ2) is 5.34. The lowest BCUT2D eigenvalue weighted by atomic mass is 10.3. The minimum Gasteiger partial charge on any atom is -0.359 e. The van der Waals surface area contributed by atoms with Crippen molar-refractivity contribution in [1.29, 1.82) is 0 Å². The molecule has 0 heterocycles. The van der Waals surface area contributed by atoms with Crippen molar-refractivity contribution in [2.75, 3.05) is 14.2 Å². The molecule has 0 spiro atoms. The third-order valence-corrected chi connectivity index (χ3v) is 2.38. The van der Waals surface area contributed by atoms with Crippen LogP contribution in [0.25, 0.3) is 0 Å². The van der Waals surface area contributed by atoms with Crippen LogP contribution >= 0.6 is 7.82 Å². The topological polar surface area (TPSA) is 84.9 Å². The van der Waals surface area contributed by atoms with E-state index in [0.29, 0.717) is 0 Å². The van der Waals surface area contributed by atoms with Crippen LogP contribution in [-0.2, 0) is 18.4 Å². The fourth-order valence-corrected chi connectivity index (χ4v) is 1.29. The van der Waals surface area contributed by atoms with Crippen molar-refractivity contribution in [1.82, 2.24) is 5.32 Å². The average molecular weight is 211 g/mol. The van der Waals surface area contributed by atoms with Crippen LogP contribution in [0.4, 0.5) is 0 Å². The van der Waals surface area contributed by atoms with Gasteiger partial charge in [0.2, 0.25) is 5.91 Å². The summed E-state index contributed by atoms with van der Waals surface area (Å²) in [4.78, 5) is 19.7. The Bertz CT molecular complexity index is 219. The van der Waals surface area contributed by atoms with Crippen LogP contribution < -0.4 is 5.32 Å². The van der Waals surface area contributed by atoms with Gasteiger partial charge in [-0.1, -0.05) is 0 Å². The number of rotatable bonds is 5. The summed E-state index contributed by atoms with van der Waals surface area (Å²) in [7, 11) is -1.44. The Kier molecular flexibility index (Phi) is 5.17. The van der Waals surface area contributed by atoms with Crippen molar-refractivity contribution in [3.05, 3.63) is 0 Å². The van der Waals surface area contributed by atoms with Crippen LogP contribution in [0.3, 0.4) is 0 Å². The monoisotopic (exact) mass is 211 g/mol. The lowest BCUT2D eigenvalue weighted by molar-refractivity contribution is -0.122. The van der Waals surface area contributed by atoms with Gasteiger partial charge in [0.1, 0.15) is 0 Å². The predicted molar refractivity (Wildman–Crippen MR) is 46.1 cm³/mol. The predicted octanol–water partition coefficient (Wildman–Crippen LogP) is 0.274. The summed E-state index contributed by atoms with van der Waals surface area (Å²) in [6.45, 7) is 1.51. The molecule has 0 aliphatic heterocycles. The van der Waals surface area contributed by atoms with E-state index in [1.165, 1.54) is 14.0 Å². The molecule has 0 fully saturated rings. The van der Waals surface area contributed by atoms with Crippen molar-refractivity contribution in [2.24, 2.45) is 0 Å². The third-order valence-electron chi connectivity index (χ3n) is 1.30. The molecule has 6 nitrogen and oxygen atoms in total. The Balaban J connectivity index is 3.94. The molecule has 13 heavy (non-hydrogen) atoms. The Morgan fingerprint density at radius 1 is 1.69 bits per heavy atom. The molecule has 2 atom stereocenters. The Morgan fingerprint density at radius 3 is 2.62 bits per heavy atom. The second-order valence-corrected chi connectivity index (χ2v) is 3.96. The summed E-state index contributed by atoms with van der Waals surface area (Å²) in [5.74, 6) is -0.261. The maximum atomic E-state index is 10.8. The Labute approximate surface area is 76.8 Å². The maximum absolute atomic E-state index is 10.8. The van der Waals surface area contributed by atoms with Crippen molar-refractivity contribution in [3.8, 4) is 0 Å². The molecule has 0 saturated heterocycles.